The van der Waals surface area contributed by atoms with E-state index in [1.165, 1.54) is 6.92 Å². The van der Waals surface area contributed by atoms with Crippen LogP contribution in [0.3, 0.4) is 0 Å². The maximum absolute atomic E-state index is 11.3. The molecule has 0 spiro atoms. The number of aliphatic hydroxyl groups excluding tert-OH is 1. The molecule has 1 unspecified atom stereocenters. The van der Waals surface area contributed by atoms with Gasteiger partial charge in [0.1, 0.15) is 12.2 Å². The number of aliphatic hydroxyl groups is 2. The SMILES string of the molecule is CC(O)(CO)CNC(=O)OCc1ccccc1. The quantitative estimate of drug-likeness (QED) is 0.705. The zero-order valence-electron chi connectivity index (χ0n) is 9.72. The normalized spacial score (nSPS) is 13.8. The number of benzene rings is 1. The van der Waals surface area contributed by atoms with Crippen LogP contribution in [-0.2, 0) is 11.3 Å². The second-order valence-electron chi connectivity index (χ2n) is 4.07. The fourth-order valence-corrected chi connectivity index (χ4v) is 1.09. The first-order valence-electron chi connectivity index (χ1n) is 5.31. The van der Waals surface area contributed by atoms with Crippen molar-refractivity contribution in [2.75, 3.05) is 13.2 Å². The Morgan fingerprint density at radius 1 is 1.41 bits per heavy atom. The van der Waals surface area contributed by atoms with E-state index < -0.39 is 18.3 Å². The van der Waals surface area contributed by atoms with Crippen LogP contribution in [0.4, 0.5) is 4.79 Å². The molecule has 5 heteroatoms. The van der Waals surface area contributed by atoms with Crippen molar-refractivity contribution in [3.63, 3.8) is 0 Å². The van der Waals surface area contributed by atoms with Gasteiger partial charge < -0.3 is 20.3 Å². The highest BCUT2D eigenvalue weighted by Gasteiger charge is 2.19. The third-order valence-electron chi connectivity index (χ3n) is 2.17. The number of hydrogen-bond donors (Lipinski definition) is 3. The molecule has 1 amide bonds. The van der Waals surface area contributed by atoms with Crippen molar-refractivity contribution < 1.29 is 19.7 Å². The third kappa shape index (κ3) is 5.33. The van der Waals surface area contributed by atoms with Crippen LogP contribution in [0.2, 0.25) is 0 Å². The van der Waals surface area contributed by atoms with E-state index in [-0.39, 0.29) is 13.2 Å². The molecule has 0 aromatic heterocycles. The summed E-state index contributed by atoms with van der Waals surface area (Å²) in [5, 5.41) is 20.6. The highest BCUT2D eigenvalue weighted by molar-refractivity contribution is 5.67. The maximum Gasteiger partial charge on any atom is 0.407 e. The lowest BCUT2D eigenvalue weighted by molar-refractivity contribution is 0.00220. The first-order chi connectivity index (χ1) is 8.03. The first kappa shape index (κ1) is 13.5. The van der Waals surface area contributed by atoms with Crippen LogP contribution in [0.5, 0.6) is 0 Å². The van der Waals surface area contributed by atoms with Gasteiger partial charge in [0.15, 0.2) is 0 Å². The molecule has 1 rings (SSSR count). The lowest BCUT2D eigenvalue weighted by atomic mass is 10.1. The Hall–Kier alpha value is -1.59. The number of ether oxygens (including phenoxy) is 1. The molecular formula is C12H17NO4. The Balaban J connectivity index is 2.27. The van der Waals surface area contributed by atoms with Gasteiger partial charge in [0.2, 0.25) is 0 Å². The van der Waals surface area contributed by atoms with Gasteiger partial charge in [-0.1, -0.05) is 30.3 Å². The van der Waals surface area contributed by atoms with E-state index >= 15 is 0 Å². The highest BCUT2D eigenvalue weighted by Crippen LogP contribution is 2.02. The third-order valence-corrected chi connectivity index (χ3v) is 2.17. The smallest absolute Gasteiger partial charge is 0.407 e. The Bertz CT molecular complexity index is 351. The molecule has 0 bridgehead atoms. The van der Waals surface area contributed by atoms with Crippen LogP contribution in [0, 0.1) is 0 Å². The molecule has 0 aliphatic rings. The van der Waals surface area contributed by atoms with E-state index in [2.05, 4.69) is 5.32 Å². The van der Waals surface area contributed by atoms with Crippen LogP contribution in [0.15, 0.2) is 30.3 Å². The second-order valence-corrected chi connectivity index (χ2v) is 4.07. The van der Waals surface area contributed by atoms with Gasteiger partial charge in [0, 0.05) is 0 Å². The summed E-state index contributed by atoms with van der Waals surface area (Å²) in [5.41, 5.74) is -0.442. The van der Waals surface area contributed by atoms with Crippen molar-refractivity contribution in [2.24, 2.45) is 0 Å². The minimum Gasteiger partial charge on any atom is -0.445 e. The Labute approximate surface area is 100 Å². The van der Waals surface area contributed by atoms with Crippen molar-refractivity contribution in [1.29, 1.82) is 0 Å². The van der Waals surface area contributed by atoms with Crippen molar-refractivity contribution in [2.45, 2.75) is 19.1 Å². The topological polar surface area (TPSA) is 78.8 Å². The zero-order valence-corrected chi connectivity index (χ0v) is 9.72. The van der Waals surface area contributed by atoms with Crippen molar-refractivity contribution in [3.8, 4) is 0 Å². The number of amides is 1. The predicted molar refractivity (Wildman–Crippen MR) is 62.3 cm³/mol. The fourth-order valence-electron chi connectivity index (χ4n) is 1.09. The molecule has 1 aromatic rings. The van der Waals surface area contributed by atoms with Gasteiger partial charge in [-0.15, -0.1) is 0 Å². The molecule has 0 aliphatic carbocycles. The number of nitrogens with one attached hydrogen (secondary N) is 1. The minimum absolute atomic E-state index is 0.0584. The number of rotatable bonds is 5. The molecule has 5 nitrogen and oxygen atoms in total. The molecule has 0 heterocycles. The van der Waals surface area contributed by atoms with Gasteiger partial charge in [0.05, 0.1) is 13.2 Å². The summed E-state index contributed by atoms with van der Waals surface area (Å²) in [7, 11) is 0. The summed E-state index contributed by atoms with van der Waals surface area (Å²) in [6.45, 7) is 1.11. The van der Waals surface area contributed by atoms with Crippen LogP contribution in [-0.4, -0.2) is 35.1 Å². The summed E-state index contributed by atoms with van der Waals surface area (Å²) in [6, 6.07) is 9.27. The molecule has 0 aliphatic heterocycles. The van der Waals surface area contributed by atoms with Gasteiger partial charge in [-0.3, -0.25) is 0 Å². The molecular weight excluding hydrogens is 222 g/mol. The van der Waals surface area contributed by atoms with Crippen molar-refractivity contribution >= 4 is 6.09 Å². The van der Waals surface area contributed by atoms with Gasteiger partial charge in [0.25, 0.3) is 0 Å². The molecule has 1 atom stereocenters. The van der Waals surface area contributed by atoms with Gasteiger partial charge in [-0.25, -0.2) is 4.79 Å². The van der Waals surface area contributed by atoms with E-state index in [9.17, 15) is 9.90 Å². The van der Waals surface area contributed by atoms with Crippen LogP contribution in [0.1, 0.15) is 12.5 Å². The largest absolute Gasteiger partial charge is 0.445 e. The fraction of sp³-hybridized carbons (Fsp3) is 0.417. The van der Waals surface area contributed by atoms with E-state index in [4.69, 9.17) is 9.84 Å². The van der Waals surface area contributed by atoms with E-state index in [1.807, 2.05) is 30.3 Å². The summed E-state index contributed by atoms with van der Waals surface area (Å²) in [5.74, 6) is 0. The van der Waals surface area contributed by atoms with Crippen LogP contribution >= 0.6 is 0 Å². The van der Waals surface area contributed by atoms with E-state index in [1.54, 1.807) is 0 Å². The predicted octanol–water partition coefficient (Wildman–Crippen LogP) is 0.656. The average Bonchev–Trinajstić information content (AvgIpc) is 2.35. The number of carbonyl (C=O) groups is 1. The Morgan fingerprint density at radius 2 is 2.06 bits per heavy atom. The molecule has 3 N–H and O–H groups in total. The summed E-state index contributed by atoms with van der Waals surface area (Å²) >= 11 is 0. The molecule has 0 radical (unpaired) electrons. The van der Waals surface area contributed by atoms with Crippen molar-refractivity contribution in [3.05, 3.63) is 35.9 Å². The van der Waals surface area contributed by atoms with Crippen molar-refractivity contribution in [1.82, 2.24) is 5.32 Å². The first-order valence-corrected chi connectivity index (χ1v) is 5.31. The van der Waals surface area contributed by atoms with E-state index in [0.29, 0.717) is 0 Å². The average molecular weight is 239 g/mol. The Morgan fingerprint density at radius 3 is 2.65 bits per heavy atom. The van der Waals surface area contributed by atoms with E-state index in [0.717, 1.165) is 5.56 Å². The molecule has 0 saturated carbocycles. The molecule has 0 saturated heterocycles. The van der Waals surface area contributed by atoms with Gasteiger partial charge in [-0.05, 0) is 12.5 Å². The van der Waals surface area contributed by atoms with Gasteiger partial charge >= 0.3 is 6.09 Å². The maximum atomic E-state index is 11.3. The monoisotopic (exact) mass is 239 g/mol. The zero-order chi connectivity index (χ0) is 12.7. The molecule has 0 fully saturated rings. The second kappa shape index (κ2) is 6.22. The number of carbonyl (C=O) groups excluding carboxylic acids is 1. The molecule has 17 heavy (non-hydrogen) atoms. The lowest BCUT2D eigenvalue weighted by Crippen LogP contribution is -2.43. The number of alkyl carbamates (subject to hydrolysis) is 1. The number of hydrogen-bond acceptors (Lipinski definition) is 4. The molecule has 94 valence electrons. The summed E-state index contributed by atoms with van der Waals surface area (Å²) < 4.78 is 4.93. The molecule has 1 aromatic carbocycles. The lowest BCUT2D eigenvalue weighted by Gasteiger charge is -2.20. The summed E-state index contributed by atoms with van der Waals surface area (Å²) in [4.78, 5) is 11.3. The minimum atomic E-state index is -1.33. The Kier molecular flexibility index (Phi) is 4.93. The van der Waals surface area contributed by atoms with Crippen LogP contribution in [0.25, 0.3) is 0 Å². The highest BCUT2D eigenvalue weighted by atomic mass is 16.5. The standard InChI is InChI=1S/C12H17NO4/c1-12(16,9-14)8-13-11(15)17-7-10-5-3-2-4-6-10/h2-6,14,16H,7-9H2,1H3,(H,13,15). The summed E-state index contributed by atoms with van der Waals surface area (Å²) in [6.07, 6.45) is -0.623. The van der Waals surface area contributed by atoms with Crippen LogP contribution < -0.4 is 5.32 Å². The van der Waals surface area contributed by atoms with Gasteiger partial charge in [-0.2, -0.15) is 0 Å².